The van der Waals surface area contributed by atoms with Crippen molar-refractivity contribution >= 4 is 5.91 Å². The average molecular weight is 252 g/mol. The normalized spacial score (nSPS) is 12.2. The largest absolute Gasteiger partial charge is 0.339 e. The summed E-state index contributed by atoms with van der Waals surface area (Å²) in [7, 11) is 3.66. The number of halogens is 1. The molecule has 0 radical (unpaired) electrons. The SMILES string of the molecule is CNCCCC(=O)N(C)C(C)c1ccc(F)cc1. The fraction of sp³-hybridized carbons (Fsp3) is 0.500. The van der Waals surface area contributed by atoms with Gasteiger partial charge in [0.2, 0.25) is 5.91 Å². The molecule has 1 rings (SSSR count). The van der Waals surface area contributed by atoms with E-state index < -0.39 is 0 Å². The van der Waals surface area contributed by atoms with Gasteiger partial charge in [-0.15, -0.1) is 0 Å². The summed E-state index contributed by atoms with van der Waals surface area (Å²) in [6.45, 7) is 2.79. The molecule has 0 aliphatic rings. The average Bonchev–Trinajstić information content (AvgIpc) is 2.38. The van der Waals surface area contributed by atoms with Crippen LogP contribution < -0.4 is 5.32 Å². The van der Waals surface area contributed by atoms with Gasteiger partial charge in [-0.1, -0.05) is 12.1 Å². The Morgan fingerprint density at radius 2 is 2.00 bits per heavy atom. The number of carbonyl (C=O) groups excluding carboxylic acids is 1. The van der Waals surface area contributed by atoms with Crippen molar-refractivity contribution < 1.29 is 9.18 Å². The molecule has 100 valence electrons. The predicted molar refractivity (Wildman–Crippen MR) is 70.7 cm³/mol. The summed E-state index contributed by atoms with van der Waals surface area (Å²) in [5.74, 6) is -0.143. The van der Waals surface area contributed by atoms with Crippen molar-refractivity contribution in [1.29, 1.82) is 0 Å². The van der Waals surface area contributed by atoms with Crippen LogP contribution in [0.4, 0.5) is 4.39 Å². The molecule has 18 heavy (non-hydrogen) atoms. The fourth-order valence-electron chi connectivity index (χ4n) is 1.77. The topological polar surface area (TPSA) is 32.3 Å². The minimum absolute atomic E-state index is 0.0346. The van der Waals surface area contributed by atoms with Gasteiger partial charge in [-0.05, 0) is 44.6 Å². The van der Waals surface area contributed by atoms with Crippen LogP contribution in [0.2, 0.25) is 0 Å². The molecule has 0 heterocycles. The number of amides is 1. The molecule has 0 aliphatic carbocycles. The smallest absolute Gasteiger partial charge is 0.222 e. The zero-order valence-electron chi connectivity index (χ0n) is 11.2. The number of carbonyl (C=O) groups is 1. The summed E-state index contributed by atoms with van der Waals surface area (Å²) in [5, 5.41) is 3.02. The van der Waals surface area contributed by atoms with Crippen molar-refractivity contribution in [3.63, 3.8) is 0 Å². The van der Waals surface area contributed by atoms with Crippen molar-refractivity contribution in [1.82, 2.24) is 10.2 Å². The summed E-state index contributed by atoms with van der Waals surface area (Å²) < 4.78 is 12.8. The highest BCUT2D eigenvalue weighted by Crippen LogP contribution is 2.19. The monoisotopic (exact) mass is 252 g/mol. The third-order valence-electron chi connectivity index (χ3n) is 3.14. The second kappa shape index (κ2) is 7.11. The second-order valence-corrected chi connectivity index (χ2v) is 4.44. The highest BCUT2D eigenvalue weighted by atomic mass is 19.1. The molecule has 0 aliphatic heterocycles. The van der Waals surface area contributed by atoms with E-state index in [0.29, 0.717) is 6.42 Å². The maximum absolute atomic E-state index is 12.8. The molecule has 4 heteroatoms. The lowest BCUT2D eigenvalue weighted by Crippen LogP contribution is -2.30. The van der Waals surface area contributed by atoms with Gasteiger partial charge in [-0.2, -0.15) is 0 Å². The van der Waals surface area contributed by atoms with Gasteiger partial charge < -0.3 is 10.2 Å². The van der Waals surface area contributed by atoms with Crippen molar-refractivity contribution in [3.8, 4) is 0 Å². The number of benzene rings is 1. The first-order valence-corrected chi connectivity index (χ1v) is 6.22. The summed E-state index contributed by atoms with van der Waals surface area (Å²) in [6.07, 6.45) is 1.36. The van der Waals surface area contributed by atoms with E-state index in [2.05, 4.69) is 5.32 Å². The maximum Gasteiger partial charge on any atom is 0.222 e. The molecule has 1 unspecified atom stereocenters. The lowest BCUT2D eigenvalue weighted by atomic mass is 10.1. The van der Waals surface area contributed by atoms with Crippen LogP contribution in [0.5, 0.6) is 0 Å². The number of nitrogens with one attached hydrogen (secondary N) is 1. The molecular formula is C14H21FN2O. The molecule has 3 nitrogen and oxygen atoms in total. The van der Waals surface area contributed by atoms with Gasteiger partial charge in [0.05, 0.1) is 6.04 Å². The number of rotatable bonds is 6. The first-order chi connectivity index (χ1) is 8.56. The minimum Gasteiger partial charge on any atom is -0.339 e. The van der Waals surface area contributed by atoms with Crippen LogP contribution in [0.15, 0.2) is 24.3 Å². The number of hydrogen-bond acceptors (Lipinski definition) is 2. The lowest BCUT2D eigenvalue weighted by molar-refractivity contribution is -0.131. The van der Waals surface area contributed by atoms with Crippen molar-refractivity contribution in [2.75, 3.05) is 20.6 Å². The Labute approximate surface area is 108 Å². The Morgan fingerprint density at radius 1 is 1.39 bits per heavy atom. The Balaban J connectivity index is 2.57. The number of nitrogens with zero attached hydrogens (tertiary/aromatic N) is 1. The zero-order chi connectivity index (χ0) is 13.5. The highest BCUT2D eigenvalue weighted by Gasteiger charge is 2.16. The Morgan fingerprint density at radius 3 is 2.56 bits per heavy atom. The molecule has 1 aromatic carbocycles. The third kappa shape index (κ3) is 4.11. The predicted octanol–water partition coefficient (Wildman–Crippen LogP) is 2.34. The van der Waals surface area contributed by atoms with Gasteiger partial charge in [0.15, 0.2) is 0 Å². The second-order valence-electron chi connectivity index (χ2n) is 4.44. The van der Waals surface area contributed by atoms with E-state index in [-0.39, 0.29) is 17.8 Å². The molecule has 0 saturated carbocycles. The molecule has 0 saturated heterocycles. The van der Waals surface area contributed by atoms with E-state index in [1.807, 2.05) is 14.0 Å². The molecule has 0 fully saturated rings. The van der Waals surface area contributed by atoms with E-state index >= 15 is 0 Å². The van der Waals surface area contributed by atoms with E-state index in [1.165, 1.54) is 12.1 Å². The van der Waals surface area contributed by atoms with E-state index in [4.69, 9.17) is 0 Å². The van der Waals surface area contributed by atoms with Gasteiger partial charge in [0.25, 0.3) is 0 Å². The molecule has 1 aromatic rings. The number of hydrogen-bond donors (Lipinski definition) is 1. The summed E-state index contributed by atoms with van der Waals surface area (Å²) in [5.41, 5.74) is 0.945. The van der Waals surface area contributed by atoms with Crippen LogP contribution in [0.3, 0.4) is 0 Å². The quantitative estimate of drug-likeness (QED) is 0.788. The molecule has 0 bridgehead atoms. The Hall–Kier alpha value is -1.42. The third-order valence-corrected chi connectivity index (χ3v) is 3.14. The first kappa shape index (κ1) is 14.6. The zero-order valence-corrected chi connectivity index (χ0v) is 11.2. The van der Waals surface area contributed by atoms with E-state index in [0.717, 1.165) is 18.5 Å². The first-order valence-electron chi connectivity index (χ1n) is 6.22. The Kier molecular flexibility index (Phi) is 5.78. The van der Waals surface area contributed by atoms with Crippen molar-refractivity contribution in [2.24, 2.45) is 0 Å². The molecule has 1 N–H and O–H groups in total. The minimum atomic E-state index is -0.256. The fourth-order valence-corrected chi connectivity index (χ4v) is 1.77. The van der Waals surface area contributed by atoms with Crippen LogP contribution in [0.25, 0.3) is 0 Å². The summed E-state index contributed by atoms with van der Waals surface area (Å²) in [6, 6.07) is 6.25. The van der Waals surface area contributed by atoms with Crippen LogP contribution >= 0.6 is 0 Å². The van der Waals surface area contributed by atoms with Gasteiger partial charge in [-0.3, -0.25) is 4.79 Å². The van der Waals surface area contributed by atoms with Gasteiger partial charge >= 0.3 is 0 Å². The Bertz CT molecular complexity index is 378. The molecule has 1 atom stereocenters. The maximum atomic E-state index is 12.8. The van der Waals surface area contributed by atoms with Gasteiger partial charge in [0, 0.05) is 13.5 Å². The summed E-state index contributed by atoms with van der Waals surface area (Å²) in [4.78, 5) is 13.6. The highest BCUT2D eigenvalue weighted by molar-refractivity contribution is 5.76. The van der Waals surface area contributed by atoms with Crippen LogP contribution in [-0.2, 0) is 4.79 Å². The van der Waals surface area contributed by atoms with Crippen LogP contribution in [0, 0.1) is 5.82 Å². The molecule has 1 amide bonds. The molecule has 0 aromatic heterocycles. The molecular weight excluding hydrogens is 231 g/mol. The van der Waals surface area contributed by atoms with Crippen molar-refractivity contribution in [2.45, 2.75) is 25.8 Å². The van der Waals surface area contributed by atoms with Crippen LogP contribution in [0.1, 0.15) is 31.4 Å². The van der Waals surface area contributed by atoms with Gasteiger partial charge in [0.1, 0.15) is 5.82 Å². The molecule has 0 spiro atoms. The van der Waals surface area contributed by atoms with E-state index in [9.17, 15) is 9.18 Å². The summed E-state index contributed by atoms with van der Waals surface area (Å²) >= 11 is 0. The van der Waals surface area contributed by atoms with E-state index in [1.54, 1.807) is 24.1 Å². The standard InChI is InChI=1S/C14H21FN2O/c1-11(12-6-8-13(15)9-7-12)17(3)14(18)5-4-10-16-2/h6-9,11,16H,4-5,10H2,1-3H3. The van der Waals surface area contributed by atoms with Crippen LogP contribution in [-0.4, -0.2) is 31.4 Å². The van der Waals surface area contributed by atoms with Crippen molar-refractivity contribution in [3.05, 3.63) is 35.6 Å². The van der Waals surface area contributed by atoms with Gasteiger partial charge in [-0.25, -0.2) is 4.39 Å². The lowest BCUT2D eigenvalue weighted by Gasteiger charge is -2.25.